The van der Waals surface area contributed by atoms with E-state index in [2.05, 4.69) is 54.8 Å². The van der Waals surface area contributed by atoms with Crippen molar-refractivity contribution >= 4 is 65.1 Å². The highest BCUT2D eigenvalue weighted by Gasteiger charge is 2.41. The molecule has 0 aliphatic carbocycles. The third-order valence-electron chi connectivity index (χ3n) is 13.9. The van der Waals surface area contributed by atoms with Gasteiger partial charge in [-0.15, -0.1) is 0 Å². The fourth-order valence-corrected chi connectivity index (χ4v) is 8.78. The van der Waals surface area contributed by atoms with Crippen molar-refractivity contribution in [1.29, 1.82) is 0 Å². The van der Waals surface area contributed by atoms with E-state index in [1.165, 1.54) is 6.92 Å². The van der Waals surface area contributed by atoms with Crippen LogP contribution < -0.4 is 47.9 Å². The fraction of sp³-hybridized carbons (Fsp3) is 0.800. The highest BCUT2D eigenvalue weighted by Crippen LogP contribution is 2.17. The predicted octanol–water partition coefficient (Wildman–Crippen LogP) is 0.486. The molecule has 0 spiro atoms. The Morgan fingerprint density at radius 1 is 0.562 bits per heavy atom. The SMILES string of the molecule is CCCCCCC[C@@H](O)CC(=O)N[C@H](CC(C)C)C(=O)N[C@H](CCC(=O)O)C(=O)N[C@@H]1C(=O)N[C@@H]([C@@H](C)CC)C(=O)N[C@H](CC(C)C)C(=O)N[C@H](CO)C(=O)N[C@@H](CC(C)C)C(=O)N[C@H](CO)C(=O)N[C@H]([C@@H](C)CC)C(=O)O[C@H]1C. The minimum absolute atomic E-state index is 0.00960. The maximum Gasteiger partial charge on any atom is 0.329 e. The van der Waals surface area contributed by atoms with E-state index in [0.29, 0.717) is 12.8 Å². The summed E-state index contributed by atoms with van der Waals surface area (Å²) in [5.74, 6) is -13.3. The number of carbonyl (C=O) groups excluding carboxylic acids is 10. The van der Waals surface area contributed by atoms with Gasteiger partial charge in [0.05, 0.1) is 25.7 Å². The molecule has 13 N–H and O–H groups in total. The van der Waals surface area contributed by atoms with Crippen molar-refractivity contribution in [2.24, 2.45) is 29.6 Å². The van der Waals surface area contributed by atoms with Crippen molar-refractivity contribution in [3.8, 4) is 0 Å². The van der Waals surface area contributed by atoms with Gasteiger partial charge in [0.1, 0.15) is 60.5 Å². The van der Waals surface area contributed by atoms with Crippen molar-refractivity contribution in [2.45, 2.75) is 240 Å². The lowest BCUT2D eigenvalue weighted by molar-refractivity contribution is -0.158. The molecule has 0 radical (unpaired) electrons. The first kappa shape index (κ1) is 72.1. The lowest BCUT2D eigenvalue weighted by Crippen LogP contribution is -2.64. The number of aliphatic hydroxyl groups is 3. The Morgan fingerprint density at radius 2 is 1.04 bits per heavy atom. The second-order valence-electron chi connectivity index (χ2n) is 22.5. The summed E-state index contributed by atoms with van der Waals surface area (Å²) >= 11 is 0. The molecular weight excluding hydrogens is 1040 g/mol. The molecule has 9 amide bonds. The minimum atomic E-state index is -1.95. The molecule has 1 fully saturated rings. The normalized spacial score (nSPS) is 24.2. The lowest BCUT2D eigenvalue weighted by Gasteiger charge is -2.32. The van der Waals surface area contributed by atoms with Gasteiger partial charge in [0.25, 0.3) is 0 Å². The topological polar surface area (TPSA) is 386 Å². The zero-order valence-electron chi connectivity index (χ0n) is 49.2. The summed E-state index contributed by atoms with van der Waals surface area (Å²) in [4.78, 5) is 153. The van der Waals surface area contributed by atoms with Gasteiger partial charge < -0.3 is 73.0 Å². The van der Waals surface area contributed by atoms with Crippen LogP contribution in [-0.2, 0) is 57.5 Å². The standard InChI is InChI=1S/C55H97N9O16/c1-13-16-17-18-19-20-35(67)26-42(68)56-37(23-29(4)5)48(72)57-36(21-22-43(69)70)47(71)64-46-34(12)80-55(79)45(33(11)15-3)63-52(76)41(28-66)61-49(73)38(24-30(6)7)58-51(75)40(27-65)60-50(74)39(25-31(8)9)59-53(77)44(32(10)14-2)62-54(46)78/h29-41,44-46,65-67H,13-28H2,1-12H3,(H,56,68)(H,57,72)(H,58,75)(H,59,77)(H,60,74)(H,61,73)(H,62,78)(H,63,76)(H,64,71)(H,69,70)/t32-,33-,34-,35+,36+,37+,38-,39+,40+,41+,44-,45+,46-/m0/s1. The number of rotatable bonds is 28. The Morgan fingerprint density at radius 3 is 1.52 bits per heavy atom. The number of cyclic esters (lactones) is 1. The van der Waals surface area contributed by atoms with Crippen molar-refractivity contribution in [3.63, 3.8) is 0 Å². The molecule has 1 rings (SSSR count). The molecule has 13 atom stereocenters. The number of aliphatic hydroxyl groups excluding tert-OH is 3. The summed E-state index contributed by atoms with van der Waals surface area (Å²) in [5, 5.41) is 63.7. The highest BCUT2D eigenvalue weighted by atomic mass is 16.5. The average Bonchev–Trinajstić information content (AvgIpc) is 3.38. The van der Waals surface area contributed by atoms with E-state index in [0.717, 1.165) is 25.7 Å². The van der Waals surface area contributed by atoms with Gasteiger partial charge >= 0.3 is 11.9 Å². The van der Waals surface area contributed by atoms with Gasteiger partial charge in [-0.25, -0.2) is 4.79 Å². The van der Waals surface area contributed by atoms with Crippen LogP contribution in [-0.4, -0.2) is 165 Å². The second kappa shape index (κ2) is 37.1. The minimum Gasteiger partial charge on any atom is -0.481 e. The van der Waals surface area contributed by atoms with Gasteiger partial charge in [-0.2, -0.15) is 0 Å². The number of amides is 9. The Balaban J connectivity index is 4.04. The van der Waals surface area contributed by atoms with Crippen LogP contribution in [0.15, 0.2) is 0 Å². The largest absolute Gasteiger partial charge is 0.481 e. The number of nitrogens with one attached hydrogen (secondary N) is 9. The van der Waals surface area contributed by atoms with E-state index in [1.807, 2.05) is 0 Å². The third kappa shape index (κ3) is 26.1. The maximum absolute atomic E-state index is 14.8. The first-order valence-electron chi connectivity index (χ1n) is 28.6. The van der Waals surface area contributed by atoms with Gasteiger partial charge in [-0.3, -0.25) is 47.9 Å². The van der Waals surface area contributed by atoms with Gasteiger partial charge in [0, 0.05) is 6.42 Å². The van der Waals surface area contributed by atoms with E-state index in [4.69, 9.17) is 4.74 Å². The van der Waals surface area contributed by atoms with Crippen LogP contribution in [0.3, 0.4) is 0 Å². The monoisotopic (exact) mass is 1140 g/mol. The molecule has 25 nitrogen and oxygen atoms in total. The van der Waals surface area contributed by atoms with E-state index in [1.54, 1.807) is 69.2 Å². The molecule has 1 aliphatic rings. The van der Waals surface area contributed by atoms with Crippen LogP contribution in [0.2, 0.25) is 0 Å². The first-order valence-corrected chi connectivity index (χ1v) is 28.6. The zero-order chi connectivity index (χ0) is 61.0. The van der Waals surface area contributed by atoms with Gasteiger partial charge in [-0.05, 0) is 68.6 Å². The van der Waals surface area contributed by atoms with E-state index < -0.39 is 170 Å². The molecule has 0 aromatic carbocycles. The molecule has 1 heterocycles. The highest BCUT2D eigenvalue weighted by molar-refractivity contribution is 5.99. The summed E-state index contributed by atoms with van der Waals surface area (Å²) in [6, 6.07) is -14.1. The Bertz CT molecular complexity index is 2040. The van der Waals surface area contributed by atoms with Crippen LogP contribution >= 0.6 is 0 Å². The summed E-state index contributed by atoms with van der Waals surface area (Å²) in [6.07, 6.45) is 1.31. The Labute approximate surface area is 471 Å². The molecule has 1 aliphatic heterocycles. The summed E-state index contributed by atoms with van der Waals surface area (Å²) < 4.78 is 5.85. The number of aliphatic carboxylic acids is 1. The molecule has 0 aromatic rings. The molecule has 80 heavy (non-hydrogen) atoms. The van der Waals surface area contributed by atoms with Crippen LogP contribution in [0.1, 0.15) is 173 Å². The lowest BCUT2D eigenvalue weighted by atomic mass is 9.96. The number of hydrogen-bond acceptors (Lipinski definition) is 15. The molecular formula is C55H97N9O16. The zero-order valence-corrected chi connectivity index (χ0v) is 49.2. The van der Waals surface area contributed by atoms with Crippen molar-refractivity contribution in [1.82, 2.24) is 47.9 Å². The molecule has 458 valence electrons. The molecule has 0 bridgehead atoms. The number of carbonyl (C=O) groups is 11. The Kier molecular flexibility index (Phi) is 33.5. The number of esters is 1. The summed E-state index contributed by atoms with van der Waals surface area (Å²) in [5.41, 5.74) is 0. The maximum atomic E-state index is 14.8. The van der Waals surface area contributed by atoms with Crippen LogP contribution in [0.4, 0.5) is 0 Å². The number of unbranched alkanes of at least 4 members (excludes halogenated alkanes) is 4. The number of carboxylic acid groups (broad SMARTS) is 1. The predicted molar refractivity (Wildman–Crippen MR) is 295 cm³/mol. The molecule has 0 unspecified atom stereocenters. The number of hydrogen-bond donors (Lipinski definition) is 13. The van der Waals surface area contributed by atoms with E-state index >= 15 is 0 Å². The Hall–Kier alpha value is -5.95. The molecule has 25 heteroatoms. The molecule has 0 aromatic heterocycles. The van der Waals surface area contributed by atoms with Gasteiger partial charge in [-0.1, -0.05) is 121 Å². The smallest absolute Gasteiger partial charge is 0.329 e. The number of ether oxygens (including phenoxy) is 1. The quantitative estimate of drug-likeness (QED) is 0.0374. The fourth-order valence-electron chi connectivity index (χ4n) is 8.78. The second-order valence-corrected chi connectivity index (χ2v) is 22.5. The van der Waals surface area contributed by atoms with Crippen molar-refractivity contribution in [2.75, 3.05) is 13.2 Å². The summed E-state index contributed by atoms with van der Waals surface area (Å²) in [7, 11) is 0. The summed E-state index contributed by atoms with van der Waals surface area (Å²) in [6.45, 7) is 18.5. The van der Waals surface area contributed by atoms with E-state index in [9.17, 15) is 73.2 Å². The van der Waals surface area contributed by atoms with Gasteiger partial charge in [0.15, 0.2) is 0 Å². The third-order valence-corrected chi connectivity index (χ3v) is 13.9. The van der Waals surface area contributed by atoms with E-state index in [-0.39, 0.29) is 56.3 Å². The van der Waals surface area contributed by atoms with Crippen LogP contribution in [0.25, 0.3) is 0 Å². The first-order chi connectivity index (χ1) is 37.5. The average molecular weight is 1140 g/mol. The van der Waals surface area contributed by atoms with Crippen LogP contribution in [0, 0.1) is 29.6 Å². The number of carboxylic acids is 1. The molecule has 0 saturated carbocycles. The van der Waals surface area contributed by atoms with Crippen molar-refractivity contribution in [3.05, 3.63) is 0 Å². The van der Waals surface area contributed by atoms with Gasteiger partial charge in [0.2, 0.25) is 53.2 Å². The molecule has 1 saturated heterocycles. The van der Waals surface area contributed by atoms with Crippen molar-refractivity contribution < 1.29 is 77.9 Å². The van der Waals surface area contributed by atoms with Crippen LogP contribution in [0.5, 0.6) is 0 Å².